The van der Waals surface area contributed by atoms with E-state index in [0.717, 1.165) is 10.9 Å². The first-order chi connectivity index (χ1) is 8.72. The zero-order chi connectivity index (χ0) is 12.7. The molecule has 3 rings (SSSR count). The molecule has 0 aliphatic heterocycles. The van der Waals surface area contributed by atoms with Crippen molar-refractivity contribution in [3.63, 3.8) is 0 Å². The van der Waals surface area contributed by atoms with Crippen LogP contribution in [0.3, 0.4) is 0 Å². The van der Waals surface area contributed by atoms with Gasteiger partial charge in [0.25, 0.3) is 0 Å². The molecule has 3 aromatic rings. The second-order valence-corrected chi connectivity index (χ2v) is 3.93. The minimum atomic E-state index is -0.635. The molecule has 1 N–H and O–H groups in total. The van der Waals surface area contributed by atoms with Crippen molar-refractivity contribution < 1.29 is 9.53 Å². The lowest BCUT2D eigenvalue weighted by Crippen LogP contribution is -2.18. The second kappa shape index (κ2) is 3.73. The van der Waals surface area contributed by atoms with E-state index in [2.05, 4.69) is 9.84 Å². The second-order valence-electron chi connectivity index (χ2n) is 3.93. The molecule has 5 nitrogen and oxygen atoms in total. The van der Waals surface area contributed by atoms with Gasteiger partial charge in [0.15, 0.2) is 0 Å². The van der Waals surface area contributed by atoms with E-state index in [4.69, 9.17) is 0 Å². The number of nitrogens with zero attached hydrogens (tertiary/aromatic N) is 1. The summed E-state index contributed by atoms with van der Waals surface area (Å²) in [6.45, 7) is 0. The Labute approximate surface area is 102 Å². The average molecular weight is 242 g/mol. The number of para-hydroxylation sites is 1. The topological polar surface area (TPSA) is 63.6 Å². The Morgan fingerprint density at radius 3 is 2.83 bits per heavy atom. The molecule has 0 spiro atoms. The van der Waals surface area contributed by atoms with Gasteiger partial charge in [-0.2, -0.15) is 0 Å². The third-order valence-electron chi connectivity index (χ3n) is 2.93. The van der Waals surface area contributed by atoms with E-state index in [0.29, 0.717) is 5.52 Å². The number of carbonyl (C=O) groups is 1. The fourth-order valence-corrected chi connectivity index (χ4v) is 2.06. The number of hydrogen-bond donors (Lipinski definition) is 1. The molecule has 0 atom stereocenters. The van der Waals surface area contributed by atoms with Gasteiger partial charge in [-0.3, -0.25) is 14.4 Å². The summed E-state index contributed by atoms with van der Waals surface area (Å²) < 4.78 is 6.23. The van der Waals surface area contributed by atoms with Crippen molar-refractivity contribution in [1.29, 1.82) is 0 Å². The van der Waals surface area contributed by atoms with Crippen LogP contribution in [0, 0.1) is 0 Å². The molecular weight excluding hydrogens is 232 g/mol. The lowest BCUT2D eigenvalue weighted by atomic mass is 10.2. The van der Waals surface area contributed by atoms with E-state index < -0.39 is 5.97 Å². The number of benzene rings is 1. The minimum Gasteiger partial charge on any atom is -0.465 e. The number of hydrogen-bond acceptors (Lipinski definition) is 3. The summed E-state index contributed by atoms with van der Waals surface area (Å²) in [6.07, 6.45) is 1.37. The molecule has 0 saturated heterocycles. The van der Waals surface area contributed by atoms with Crippen LogP contribution in [-0.2, 0) is 4.74 Å². The molecule has 18 heavy (non-hydrogen) atoms. The number of esters is 1. The van der Waals surface area contributed by atoms with Crippen LogP contribution in [0.5, 0.6) is 0 Å². The molecule has 1 aromatic carbocycles. The standard InChI is InChI=1S/C13H10N2O3/c1-18-13(17)9-7-14-15-10-5-3-2-4-8(10)6-11(15)12(9)16/h2-7,14H,1H3. The van der Waals surface area contributed by atoms with Gasteiger partial charge in [0.1, 0.15) is 11.1 Å². The van der Waals surface area contributed by atoms with Crippen molar-refractivity contribution >= 4 is 22.4 Å². The Balaban J connectivity index is 2.43. The highest BCUT2D eigenvalue weighted by Gasteiger charge is 2.14. The Bertz CT molecular complexity index is 814. The molecule has 0 aliphatic carbocycles. The molecule has 0 unspecified atom stereocenters. The van der Waals surface area contributed by atoms with Gasteiger partial charge < -0.3 is 4.74 Å². The molecular formula is C13H10N2O3. The fraction of sp³-hybridized carbons (Fsp3) is 0.0769. The van der Waals surface area contributed by atoms with Gasteiger partial charge in [-0.25, -0.2) is 4.79 Å². The molecule has 0 amide bonds. The van der Waals surface area contributed by atoms with Gasteiger partial charge >= 0.3 is 5.97 Å². The van der Waals surface area contributed by atoms with E-state index in [1.807, 2.05) is 24.3 Å². The Hall–Kier alpha value is -2.56. The number of ether oxygens (including phenoxy) is 1. The van der Waals surface area contributed by atoms with Crippen LogP contribution < -0.4 is 5.43 Å². The lowest BCUT2D eigenvalue weighted by Gasteiger charge is -2.01. The summed E-state index contributed by atoms with van der Waals surface area (Å²) in [5, 5.41) is 3.85. The summed E-state index contributed by atoms with van der Waals surface area (Å²) in [6, 6.07) is 9.35. The molecule has 5 heteroatoms. The summed E-state index contributed by atoms with van der Waals surface area (Å²) in [5.74, 6) is -0.635. The van der Waals surface area contributed by atoms with Crippen LogP contribution in [0.1, 0.15) is 10.4 Å². The van der Waals surface area contributed by atoms with Crippen LogP contribution in [0.2, 0.25) is 0 Å². The van der Waals surface area contributed by atoms with Crippen molar-refractivity contribution in [3.05, 3.63) is 52.3 Å². The SMILES string of the molecule is COC(=O)c1c[nH]n2c(cc3ccccc32)c1=O. The molecule has 2 heterocycles. The number of methoxy groups -OCH3 is 1. The average Bonchev–Trinajstić information content (AvgIpc) is 2.78. The lowest BCUT2D eigenvalue weighted by molar-refractivity contribution is 0.0598. The predicted molar refractivity (Wildman–Crippen MR) is 66.9 cm³/mol. The Kier molecular flexibility index (Phi) is 2.19. The minimum absolute atomic E-state index is 0.00723. The van der Waals surface area contributed by atoms with E-state index in [1.54, 1.807) is 10.6 Å². The number of rotatable bonds is 1. The van der Waals surface area contributed by atoms with Crippen LogP contribution in [0.4, 0.5) is 0 Å². The Morgan fingerprint density at radius 2 is 2.06 bits per heavy atom. The molecule has 0 radical (unpaired) electrons. The third kappa shape index (κ3) is 1.34. The fourth-order valence-electron chi connectivity index (χ4n) is 2.06. The number of aromatic amines is 1. The van der Waals surface area contributed by atoms with Gasteiger partial charge in [0, 0.05) is 11.6 Å². The van der Waals surface area contributed by atoms with Crippen LogP contribution >= 0.6 is 0 Å². The van der Waals surface area contributed by atoms with Crippen LogP contribution in [0.15, 0.2) is 41.3 Å². The number of nitrogens with one attached hydrogen (secondary N) is 1. The number of aromatic nitrogens is 2. The predicted octanol–water partition coefficient (Wildman–Crippen LogP) is 1.57. The highest BCUT2D eigenvalue weighted by atomic mass is 16.5. The summed E-state index contributed by atoms with van der Waals surface area (Å²) in [4.78, 5) is 23.6. The molecule has 0 aliphatic rings. The van der Waals surface area contributed by atoms with Gasteiger partial charge in [-0.15, -0.1) is 0 Å². The third-order valence-corrected chi connectivity index (χ3v) is 2.93. The monoisotopic (exact) mass is 242 g/mol. The quantitative estimate of drug-likeness (QED) is 0.659. The highest BCUT2D eigenvalue weighted by molar-refractivity contribution is 5.92. The molecule has 2 aromatic heterocycles. The van der Waals surface area contributed by atoms with Crippen molar-refractivity contribution in [3.8, 4) is 0 Å². The van der Waals surface area contributed by atoms with E-state index in [1.165, 1.54) is 13.3 Å². The van der Waals surface area contributed by atoms with Crippen LogP contribution in [0.25, 0.3) is 16.4 Å². The van der Waals surface area contributed by atoms with Crippen molar-refractivity contribution in [2.45, 2.75) is 0 Å². The number of H-pyrrole nitrogens is 1. The number of carbonyl (C=O) groups excluding carboxylic acids is 1. The summed E-state index contributed by atoms with van der Waals surface area (Å²) >= 11 is 0. The van der Waals surface area contributed by atoms with Gasteiger partial charge in [-0.05, 0) is 12.1 Å². The van der Waals surface area contributed by atoms with Crippen molar-refractivity contribution in [2.24, 2.45) is 0 Å². The molecule has 0 bridgehead atoms. The normalized spacial score (nSPS) is 10.9. The largest absolute Gasteiger partial charge is 0.465 e. The summed E-state index contributed by atoms with van der Waals surface area (Å²) in [5.41, 5.74) is 0.990. The van der Waals surface area contributed by atoms with Crippen LogP contribution in [-0.4, -0.2) is 22.7 Å². The first kappa shape index (κ1) is 10.6. The first-order valence-corrected chi connectivity index (χ1v) is 5.42. The van der Waals surface area contributed by atoms with Gasteiger partial charge in [0.05, 0.1) is 12.6 Å². The van der Waals surface area contributed by atoms with Gasteiger partial charge in [0.2, 0.25) is 5.43 Å². The van der Waals surface area contributed by atoms with E-state index in [9.17, 15) is 9.59 Å². The van der Waals surface area contributed by atoms with Gasteiger partial charge in [-0.1, -0.05) is 18.2 Å². The smallest absolute Gasteiger partial charge is 0.343 e. The maximum absolute atomic E-state index is 12.2. The van der Waals surface area contributed by atoms with Crippen molar-refractivity contribution in [2.75, 3.05) is 7.11 Å². The first-order valence-electron chi connectivity index (χ1n) is 5.42. The number of fused-ring (bicyclic) bond motifs is 3. The van der Waals surface area contributed by atoms with Crippen molar-refractivity contribution in [1.82, 2.24) is 9.61 Å². The maximum Gasteiger partial charge on any atom is 0.343 e. The molecule has 0 fully saturated rings. The zero-order valence-corrected chi connectivity index (χ0v) is 9.64. The highest BCUT2D eigenvalue weighted by Crippen LogP contribution is 2.16. The molecule has 90 valence electrons. The summed E-state index contributed by atoms with van der Waals surface area (Å²) in [7, 11) is 1.25. The maximum atomic E-state index is 12.2. The molecule has 0 saturated carbocycles. The zero-order valence-electron chi connectivity index (χ0n) is 9.64. The van der Waals surface area contributed by atoms with E-state index in [-0.39, 0.29) is 11.0 Å². The Morgan fingerprint density at radius 1 is 1.28 bits per heavy atom. The van der Waals surface area contributed by atoms with E-state index >= 15 is 0 Å².